The fourth-order valence-corrected chi connectivity index (χ4v) is 0.868. The molecule has 0 aromatic carbocycles. The summed E-state index contributed by atoms with van der Waals surface area (Å²) in [7, 11) is 0. The third-order valence-electron chi connectivity index (χ3n) is 1.42. The SMILES string of the molecule is Cc1[nH]n(CCN)c(=O)c1F. The van der Waals surface area contributed by atoms with E-state index in [1.165, 1.54) is 6.92 Å². The van der Waals surface area contributed by atoms with Crippen molar-refractivity contribution < 1.29 is 4.39 Å². The van der Waals surface area contributed by atoms with Crippen LogP contribution in [0.1, 0.15) is 5.69 Å². The standard InChI is InChI=1S/C6H10FN3O/c1-4-5(7)6(11)10(9-4)3-2-8/h9H,2-3,8H2,1H3. The highest BCUT2D eigenvalue weighted by Gasteiger charge is 2.08. The summed E-state index contributed by atoms with van der Waals surface area (Å²) in [5.74, 6) is -0.724. The van der Waals surface area contributed by atoms with Crippen LogP contribution in [0.3, 0.4) is 0 Å². The lowest BCUT2D eigenvalue weighted by Crippen LogP contribution is -2.22. The van der Waals surface area contributed by atoms with Crippen molar-refractivity contribution in [3.63, 3.8) is 0 Å². The van der Waals surface area contributed by atoms with Crippen LogP contribution in [-0.2, 0) is 6.54 Å². The lowest BCUT2D eigenvalue weighted by atomic mass is 10.5. The first-order valence-electron chi connectivity index (χ1n) is 3.31. The maximum Gasteiger partial charge on any atom is 0.302 e. The van der Waals surface area contributed by atoms with Crippen molar-refractivity contribution in [1.29, 1.82) is 0 Å². The van der Waals surface area contributed by atoms with Gasteiger partial charge in [0.2, 0.25) is 5.82 Å². The first-order chi connectivity index (χ1) is 5.16. The molecule has 1 rings (SSSR count). The van der Waals surface area contributed by atoms with E-state index in [0.29, 0.717) is 13.1 Å². The molecule has 0 aliphatic heterocycles. The number of hydrogen-bond donors (Lipinski definition) is 2. The minimum atomic E-state index is -0.724. The van der Waals surface area contributed by atoms with Gasteiger partial charge in [0.25, 0.3) is 0 Å². The number of nitrogens with zero attached hydrogens (tertiary/aromatic N) is 1. The molecule has 0 spiro atoms. The summed E-state index contributed by atoms with van der Waals surface area (Å²) in [6, 6.07) is 0. The Labute approximate surface area is 62.8 Å². The molecule has 0 amide bonds. The summed E-state index contributed by atoms with van der Waals surface area (Å²) in [5, 5.41) is 2.56. The molecule has 1 aromatic heterocycles. The van der Waals surface area contributed by atoms with Crippen molar-refractivity contribution in [1.82, 2.24) is 9.78 Å². The molecular weight excluding hydrogens is 149 g/mol. The van der Waals surface area contributed by atoms with Gasteiger partial charge in [-0.3, -0.25) is 9.89 Å². The zero-order valence-electron chi connectivity index (χ0n) is 6.22. The van der Waals surface area contributed by atoms with Crippen molar-refractivity contribution in [3.8, 4) is 0 Å². The van der Waals surface area contributed by atoms with Gasteiger partial charge in [-0.15, -0.1) is 0 Å². The summed E-state index contributed by atoms with van der Waals surface area (Å²) < 4.78 is 13.8. The van der Waals surface area contributed by atoms with E-state index in [1.54, 1.807) is 0 Å². The quantitative estimate of drug-likeness (QED) is 0.615. The van der Waals surface area contributed by atoms with E-state index >= 15 is 0 Å². The molecule has 3 N–H and O–H groups in total. The molecule has 0 atom stereocenters. The lowest BCUT2D eigenvalue weighted by Gasteiger charge is -1.94. The second kappa shape index (κ2) is 2.87. The molecule has 0 aliphatic carbocycles. The van der Waals surface area contributed by atoms with Gasteiger partial charge in [0.15, 0.2) is 0 Å². The third-order valence-corrected chi connectivity index (χ3v) is 1.42. The number of rotatable bonds is 2. The van der Waals surface area contributed by atoms with E-state index in [1.807, 2.05) is 0 Å². The number of halogens is 1. The second-order valence-electron chi connectivity index (χ2n) is 2.30. The minimum absolute atomic E-state index is 0.253. The number of H-pyrrole nitrogens is 1. The maximum absolute atomic E-state index is 12.7. The molecule has 5 heteroatoms. The monoisotopic (exact) mass is 159 g/mol. The number of aromatic nitrogens is 2. The molecule has 0 saturated carbocycles. The Morgan fingerprint density at radius 1 is 1.73 bits per heavy atom. The van der Waals surface area contributed by atoms with Gasteiger partial charge in [0.1, 0.15) is 0 Å². The molecule has 0 aliphatic rings. The minimum Gasteiger partial charge on any atom is -0.329 e. The van der Waals surface area contributed by atoms with Crippen molar-refractivity contribution in [3.05, 3.63) is 21.9 Å². The first kappa shape index (κ1) is 8.00. The van der Waals surface area contributed by atoms with Crippen LogP contribution in [0.5, 0.6) is 0 Å². The van der Waals surface area contributed by atoms with Crippen LogP contribution in [0.2, 0.25) is 0 Å². The second-order valence-corrected chi connectivity index (χ2v) is 2.30. The summed E-state index contributed by atoms with van der Waals surface area (Å²) in [5.41, 5.74) is 4.81. The van der Waals surface area contributed by atoms with Crippen LogP contribution in [0.25, 0.3) is 0 Å². The Kier molecular flexibility index (Phi) is 2.09. The number of aryl methyl sites for hydroxylation is 1. The fraction of sp³-hybridized carbons (Fsp3) is 0.500. The van der Waals surface area contributed by atoms with Gasteiger partial charge >= 0.3 is 5.56 Å². The van der Waals surface area contributed by atoms with Crippen molar-refractivity contribution in [2.24, 2.45) is 5.73 Å². The van der Waals surface area contributed by atoms with Gasteiger partial charge < -0.3 is 5.73 Å². The van der Waals surface area contributed by atoms with E-state index in [9.17, 15) is 9.18 Å². The van der Waals surface area contributed by atoms with E-state index in [2.05, 4.69) is 5.10 Å². The van der Waals surface area contributed by atoms with E-state index in [4.69, 9.17) is 5.73 Å². The summed E-state index contributed by atoms with van der Waals surface area (Å²) in [4.78, 5) is 10.9. The van der Waals surface area contributed by atoms with Crippen LogP contribution < -0.4 is 11.3 Å². The highest BCUT2D eigenvalue weighted by Crippen LogP contribution is 1.94. The molecule has 4 nitrogen and oxygen atoms in total. The Balaban J connectivity index is 3.09. The Morgan fingerprint density at radius 3 is 2.73 bits per heavy atom. The Hall–Kier alpha value is -1.10. The zero-order valence-corrected chi connectivity index (χ0v) is 6.22. The molecule has 1 heterocycles. The topological polar surface area (TPSA) is 63.8 Å². The molecule has 1 aromatic rings. The summed E-state index contributed by atoms with van der Waals surface area (Å²) >= 11 is 0. The molecule has 0 bridgehead atoms. The highest BCUT2D eigenvalue weighted by molar-refractivity contribution is 5.00. The molecule has 0 fully saturated rings. The average molecular weight is 159 g/mol. The van der Waals surface area contributed by atoms with Crippen LogP contribution >= 0.6 is 0 Å². The number of hydrogen-bond acceptors (Lipinski definition) is 2. The predicted molar refractivity (Wildman–Crippen MR) is 38.8 cm³/mol. The predicted octanol–water partition coefficient (Wildman–Crippen LogP) is -0.417. The zero-order chi connectivity index (χ0) is 8.43. The lowest BCUT2D eigenvalue weighted by molar-refractivity contribution is 0.576. The largest absolute Gasteiger partial charge is 0.329 e. The molecular formula is C6H10FN3O. The smallest absolute Gasteiger partial charge is 0.302 e. The van der Waals surface area contributed by atoms with Crippen molar-refractivity contribution >= 4 is 0 Å². The average Bonchev–Trinajstić information content (AvgIpc) is 2.19. The van der Waals surface area contributed by atoms with E-state index in [0.717, 1.165) is 4.68 Å². The summed E-state index contributed by atoms with van der Waals surface area (Å²) in [6.45, 7) is 2.15. The van der Waals surface area contributed by atoms with Gasteiger partial charge in [-0.05, 0) is 6.92 Å². The number of nitrogens with two attached hydrogens (primary N) is 1. The first-order valence-corrected chi connectivity index (χ1v) is 3.31. The molecule has 62 valence electrons. The fourth-order valence-electron chi connectivity index (χ4n) is 0.868. The maximum atomic E-state index is 12.7. The number of nitrogens with one attached hydrogen (secondary N) is 1. The van der Waals surface area contributed by atoms with Crippen molar-refractivity contribution in [2.75, 3.05) is 6.54 Å². The molecule has 0 saturated heterocycles. The molecule has 0 unspecified atom stereocenters. The van der Waals surface area contributed by atoms with Gasteiger partial charge in [-0.1, -0.05) is 0 Å². The van der Waals surface area contributed by atoms with Crippen molar-refractivity contribution in [2.45, 2.75) is 13.5 Å². The van der Waals surface area contributed by atoms with Crippen LogP contribution in [-0.4, -0.2) is 16.3 Å². The normalized spacial score (nSPS) is 10.5. The Bertz CT molecular complexity index is 301. The van der Waals surface area contributed by atoms with Crippen LogP contribution in [0, 0.1) is 12.7 Å². The van der Waals surface area contributed by atoms with Gasteiger partial charge in [0.05, 0.1) is 12.2 Å². The van der Waals surface area contributed by atoms with Gasteiger partial charge in [0, 0.05) is 6.54 Å². The molecule has 0 radical (unpaired) electrons. The highest BCUT2D eigenvalue weighted by atomic mass is 19.1. The molecule has 11 heavy (non-hydrogen) atoms. The number of aromatic amines is 1. The third kappa shape index (κ3) is 1.32. The van der Waals surface area contributed by atoms with Crippen LogP contribution in [0.4, 0.5) is 4.39 Å². The van der Waals surface area contributed by atoms with E-state index in [-0.39, 0.29) is 5.69 Å². The van der Waals surface area contributed by atoms with Gasteiger partial charge in [-0.25, -0.2) is 4.68 Å². The van der Waals surface area contributed by atoms with E-state index < -0.39 is 11.4 Å². The van der Waals surface area contributed by atoms with Crippen LogP contribution in [0.15, 0.2) is 4.79 Å². The Morgan fingerprint density at radius 2 is 2.36 bits per heavy atom. The van der Waals surface area contributed by atoms with Gasteiger partial charge in [-0.2, -0.15) is 4.39 Å². The summed E-state index contributed by atoms with van der Waals surface area (Å²) in [6.07, 6.45) is 0.